The highest BCUT2D eigenvalue weighted by Crippen LogP contribution is 2.07. The summed E-state index contributed by atoms with van der Waals surface area (Å²) in [5.41, 5.74) is 0.693. The third kappa shape index (κ3) is 4.99. The Morgan fingerprint density at radius 1 is 1.28 bits per heavy atom. The smallest absolute Gasteiger partial charge is 0.306 e. The molecule has 4 nitrogen and oxygen atoms in total. The van der Waals surface area contributed by atoms with Gasteiger partial charge in [0, 0.05) is 12.1 Å². The summed E-state index contributed by atoms with van der Waals surface area (Å²) in [6.07, 6.45) is 1.31. The summed E-state index contributed by atoms with van der Waals surface area (Å²) in [6, 6.07) is 9.08. The third-order valence-corrected chi connectivity index (χ3v) is 2.45. The number of rotatable bonds is 6. The van der Waals surface area contributed by atoms with Gasteiger partial charge >= 0.3 is 5.97 Å². The maximum absolute atomic E-state index is 11.7. The lowest BCUT2D eigenvalue weighted by atomic mass is 10.2. The molecule has 0 radical (unpaired) electrons. The van der Waals surface area contributed by atoms with Gasteiger partial charge in [-0.2, -0.15) is 0 Å². The Morgan fingerprint density at radius 2 is 1.94 bits per heavy atom. The first kappa shape index (κ1) is 14.2. The highest BCUT2D eigenvalue weighted by molar-refractivity contribution is 5.94. The molecule has 18 heavy (non-hydrogen) atoms. The molecule has 4 heteroatoms. The van der Waals surface area contributed by atoms with Crippen molar-refractivity contribution in [3.8, 4) is 0 Å². The predicted molar refractivity (Wildman–Crippen MR) is 70.2 cm³/mol. The first-order valence-electron chi connectivity index (χ1n) is 6.19. The Hall–Kier alpha value is -1.84. The molecule has 0 saturated carbocycles. The quantitative estimate of drug-likeness (QED) is 0.789. The Bertz CT molecular complexity index is 389. The van der Waals surface area contributed by atoms with Crippen molar-refractivity contribution >= 4 is 17.6 Å². The van der Waals surface area contributed by atoms with Gasteiger partial charge in [-0.3, -0.25) is 9.59 Å². The highest BCUT2D eigenvalue weighted by atomic mass is 16.5. The fourth-order valence-corrected chi connectivity index (χ4v) is 1.40. The molecule has 0 aliphatic rings. The first-order valence-corrected chi connectivity index (χ1v) is 6.19. The fraction of sp³-hybridized carbons (Fsp3) is 0.429. The number of hydrogen-bond donors (Lipinski definition) is 1. The normalized spacial score (nSPS) is 11.7. The zero-order chi connectivity index (χ0) is 13.4. The second-order valence-electron chi connectivity index (χ2n) is 4.09. The van der Waals surface area contributed by atoms with Gasteiger partial charge in [0.15, 0.2) is 6.10 Å². The number of carbonyl (C=O) groups is 2. The van der Waals surface area contributed by atoms with Crippen molar-refractivity contribution in [2.75, 3.05) is 5.32 Å². The molecule has 0 saturated heterocycles. The molecule has 98 valence electrons. The zero-order valence-electron chi connectivity index (χ0n) is 10.8. The summed E-state index contributed by atoms with van der Waals surface area (Å²) in [6.45, 7) is 3.57. The lowest BCUT2D eigenvalue weighted by Crippen LogP contribution is -2.29. The maximum atomic E-state index is 11.7. The van der Waals surface area contributed by atoms with E-state index in [0.29, 0.717) is 12.1 Å². The number of benzene rings is 1. The van der Waals surface area contributed by atoms with E-state index in [-0.39, 0.29) is 11.9 Å². The molecule has 0 aliphatic heterocycles. The highest BCUT2D eigenvalue weighted by Gasteiger charge is 2.17. The van der Waals surface area contributed by atoms with Gasteiger partial charge in [-0.05, 0) is 25.5 Å². The van der Waals surface area contributed by atoms with Crippen molar-refractivity contribution in [1.82, 2.24) is 0 Å². The van der Waals surface area contributed by atoms with Crippen LogP contribution in [-0.4, -0.2) is 18.0 Å². The standard InChI is InChI=1S/C14H19NO3/c1-3-4-10-13(16)18-11(2)14(17)15-12-8-6-5-7-9-12/h5-9,11H,3-4,10H2,1-2H3,(H,15,17). The minimum atomic E-state index is -0.769. The summed E-state index contributed by atoms with van der Waals surface area (Å²) in [5.74, 6) is -0.640. The monoisotopic (exact) mass is 249 g/mol. The molecule has 1 amide bonds. The molecule has 1 unspecified atom stereocenters. The minimum Gasteiger partial charge on any atom is -0.453 e. The largest absolute Gasteiger partial charge is 0.453 e. The van der Waals surface area contributed by atoms with E-state index in [1.807, 2.05) is 25.1 Å². The maximum Gasteiger partial charge on any atom is 0.306 e. The van der Waals surface area contributed by atoms with Crippen LogP contribution in [0.4, 0.5) is 5.69 Å². The van der Waals surface area contributed by atoms with Crippen LogP contribution < -0.4 is 5.32 Å². The summed E-state index contributed by atoms with van der Waals surface area (Å²) in [7, 11) is 0. The van der Waals surface area contributed by atoms with Gasteiger partial charge in [-0.15, -0.1) is 0 Å². The molecule has 0 aromatic heterocycles. The van der Waals surface area contributed by atoms with Crippen LogP contribution >= 0.6 is 0 Å². The lowest BCUT2D eigenvalue weighted by molar-refractivity contribution is -0.153. The second-order valence-corrected chi connectivity index (χ2v) is 4.09. The van der Waals surface area contributed by atoms with Crippen molar-refractivity contribution in [2.45, 2.75) is 39.2 Å². The number of ether oxygens (including phenoxy) is 1. The molecular formula is C14H19NO3. The molecular weight excluding hydrogens is 230 g/mol. The predicted octanol–water partition coefficient (Wildman–Crippen LogP) is 2.75. The van der Waals surface area contributed by atoms with Crippen LogP contribution in [0.3, 0.4) is 0 Å². The number of unbranched alkanes of at least 4 members (excludes halogenated alkanes) is 1. The van der Waals surface area contributed by atoms with E-state index < -0.39 is 6.10 Å². The molecule has 0 spiro atoms. The van der Waals surface area contributed by atoms with E-state index >= 15 is 0 Å². The summed E-state index contributed by atoms with van der Waals surface area (Å²) in [4.78, 5) is 23.1. The van der Waals surface area contributed by atoms with E-state index in [1.54, 1.807) is 19.1 Å². The van der Waals surface area contributed by atoms with Gasteiger partial charge in [0.1, 0.15) is 0 Å². The molecule has 1 N–H and O–H groups in total. The van der Waals surface area contributed by atoms with Crippen LogP contribution in [0.2, 0.25) is 0 Å². The average Bonchev–Trinajstić information content (AvgIpc) is 2.37. The summed E-state index contributed by atoms with van der Waals surface area (Å²) in [5, 5.41) is 2.69. The van der Waals surface area contributed by atoms with Gasteiger partial charge < -0.3 is 10.1 Å². The minimum absolute atomic E-state index is 0.314. The Labute approximate surface area is 107 Å². The number of anilines is 1. The van der Waals surface area contributed by atoms with Gasteiger partial charge in [0.05, 0.1) is 0 Å². The number of nitrogens with one attached hydrogen (secondary N) is 1. The van der Waals surface area contributed by atoms with Crippen LogP contribution in [0, 0.1) is 0 Å². The SMILES string of the molecule is CCCCC(=O)OC(C)C(=O)Nc1ccccc1. The number of carbonyl (C=O) groups excluding carboxylic acids is 2. The van der Waals surface area contributed by atoms with Crippen molar-refractivity contribution in [3.63, 3.8) is 0 Å². The molecule has 1 aromatic rings. The Morgan fingerprint density at radius 3 is 2.56 bits per heavy atom. The Kier molecular flexibility index (Phi) is 5.91. The van der Waals surface area contributed by atoms with E-state index in [1.165, 1.54) is 0 Å². The average molecular weight is 249 g/mol. The topological polar surface area (TPSA) is 55.4 Å². The second kappa shape index (κ2) is 7.48. The van der Waals surface area contributed by atoms with Gasteiger partial charge in [0.25, 0.3) is 5.91 Å². The fourth-order valence-electron chi connectivity index (χ4n) is 1.40. The molecule has 1 rings (SSSR count). The van der Waals surface area contributed by atoms with E-state index in [4.69, 9.17) is 4.74 Å². The van der Waals surface area contributed by atoms with Gasteiger partial charge in [-0.25, -0.2) is 0 Å². The van der Waals surface area contributed by atoms with Gasteiger partial charge in [-0.1, -0.05) is 31.5 Å². The molecule has 1 aromatic carbocycles. The zero-order valence-corrected chi connectivity index (χ0v) is 10.8. The number of hydrogen-bond acceptors (Lipinski definition) is 3. The summed E-state index contributed by atoms with van der Waals surface area (Å²) >= 11 is 0. The van der Waals surface area contributed by atoms with E-state index in [2.05, 4.69) is 5.32 Å². The number of esters is 1. The van der Waals surface area contributed by atoms with Crippen LogP contribution in [0.15, 0.2) is 30.3 Å². The number of para-hydroxylation sites is 1. The van der Waals surface area contributed by atoms with E-state index in [0.717, 1.165) is 12.8 Å². The van der Waals surface area contributed by atoms with Crippen molar-refractivity contribution in [2.24, 2.45) is 0 Å². The molecule has 0 aliphatic carbocycles. The third-order valence-electron chi connectivity index (χ3n) is 2.45. The van der Waals surface area contributed by atoms with Crippen LogP contribution in [0.25, 0.3) is 0 Å². The van der Waals surface area contributed by atoms with Crippen LogP contribution in [0.5, 0.6) is 0 Å². The molecule has 0 fully saturated rings. The Balaban J connectivity index is 2.40. The van der Waals surface area contributed by atoms with Gasteiger partial charge in [0.2, 0.25) is 0 Å². The summed E-state index contributed by atoms with van der Waals surface area (Å²) < 4.78 is 5.04. The van der Waals surface area contributed by atoms with Crippen molar-refractivity contribution in [1.29, 1.82) is 0 Å². The van der Waals surface area contributed by atoms with Crippen molar-refractivity contribution in [3.05, 3.63) is 30.3 Å². The van der Waals surface area contributed by atoms with Crippen LogP contribution in [-0.2, 0) is 14.3 Å². The lowest BCUT2D eigenvalue weighted by Gasteiger charge is -2.13. The van der Waals surface area contributed by atoms with E-state index in [9.17, 15) is 9.59 Å². The first-order chi connectivity index (χ1) is 8.63. The molecule has 1 atom stereocenters. The van der Waals surface area contributed by atoms with Crippen LogP contribution in [0.1, 0.15) is 33.1 Å². The number of amides is 1. The molecule has 0 bridgehead atoms. The van der Waals surface area contributed by atoms with Crippen molar-refractivity contribution < 1.29 is 14.3 Å². The molecule has 0 heterocycles.